The van der Waals surface area contributed by atoms with E-state index in [2.05, 4.69) is 41.8 Å². The van der Waals surface area contributed by atoms with Crippen molar-refractivity contribution in [3.63, 3.8) is 0 Å². The standard InChI is InChI=1S/C7H12INO/c1-6(2)4-9-5(10)7(6,3)8/h4H2,1-3H3,(H,9,10). The molecule has 0 aromatic rings. The summed E-state index contributed by atoms with van der Waals surface area (Å²) in [6.45, 7) is 7.00. The van der Waals surface area contributed by atoms with Gasteiger partial charge >= 0.3 is 0 Å². The van der Waals surface area contributed by atoms with E-state index in [1.54, 1.807) is 0 Å². The minimum Gasteiger partial charge on any atom is -0.354 e. The fourth-order valence-electron chi connectivity index (χ4n) is 0.941. The van der Waals surface area contributed by atoms with Crippen molar-refractivity contribution in [1.29, 1.82) is 0 Å². The number of rotatable bonds is 0. The summed E-state index contributed by atoms with van der Waals surface area (Å²) in [5.74, 6) is 0.165. The molecule has 1 aliphatic heterocycles. The smallest absolute Gasteiger partial charge is 0.236 e. The third-order valence-electron chi connectivity index (χ3n) is 2.39. The van der Waals surface area contributed by atoms with Gasteiger partial charge in [-0.1, -0.05) is 36.4 Å². The average Bonchev–Trinajstić information content (AvgIpc) is 1.94. The molecule has 1 saturated heterocycles. The van der Waals surface area contributed by atoms with Gasteiger partial charge in [-0.05, 0) is 6.92 Å². The molecule has 0 aromatic heterocycles. The summed E-state index contributed by atoms with van der Waals surface area (Å²) in [7, 11) is 0. The van der Waals surface area contributed by atoms with E-state index in [0.717, 1.165) is 6.54 Å². The molecule has 0 bridgehead atoms. The number of halogens is 1. The number of nitrogens with one attached hydrogen (secondary N) is 1. The molecule has 10 heavy (non-hydrogen) atoms. The molecule has 0 aliphatic carbocycles. The molecule has 1 unspecified atom stereocenters. The van der Waals surface area contributed by atoms with Gasteiger partial charge in [0.15, 0.2) is 0 Å². The molecule has 0 spiro atoms. The van der Waals surface area contributed by atoms with E-state index >= 15 is 0 Å². The molecule has 2 nitrogen and oxygen atoms in total. The van der Waals surface area contributed by atoms with Gasteiger partial charge in [-0.25, -0.2) is 0 Å². The molecule has 0 aromatic carbocycles. The molecule has 1 fully saturated rings. The Balaban J connectivity index is 2.95. The maximum Gasteiger partial charge on any atom is 0.236 e. The van der Waals surface area contributed by atoms with Crippen LogP contribution in [-0.4, -0.2) is 15.9 Å². The fourth-order valence-corrected chi connectivity index (χ4v) is 1.32. The molecule has 1 heterocycles. The molecule has 1 amide bonds. The Morgan fingerprint density at radius 3 is 2.10 bits per heavy atom. The van der Waals surface area contributed by atoms with Crippen LogP contribution < -0.4 is 5.32 Å². The average molecular weight is 253 g/mol. The van der Waals surface area contributed by atoms with Gasteiger partial charge in [-0.15, -0.1) is 0 Å². The van der Waals surface area contributed by atoms with E-state index in [1.807, 2.05) is 6.92 Å². The highest BCUT2D eigenvalue weighted by molar-refractivity contribution is 14.1. The third kappa shape index (κ3) is 0.946. The largest absolute Gasteiger partial charge is 0.354 e. The summed E-state index contributed by atoms with van der Waals surface area (Å²) >= 11 is 2.22. The molecule has 0 saturated carbocycles. The van der Waals surface area contributed by atoms with Gasteiger partial charge in [0.1, 0.15) is 3.42 Å². The van der Waals surface area contributed by atoms with Crippen LogP contribution in [0.25, 0.3) is 0 Å². The van der Waals surface area contributed by atoms with Crippen molar-refractivity contribution in [1.82, 2.24) is 5.32 Å². The Morgan fingerprint density at radius 1 is 1.50 bits per heavy atom. The highest BCUT2D eigenvalue weighted by atomic mass is 127. The Kier molecular flexibility index (Phi) is 1.74. The molecule has 0 radical (unpaired) electrons. The van der Waals surface area contributed by atoms with E-state index in [4.69, 9.17) is 0 Å². The predicted octanol–water partition coefficient (Wildman–Crippen LogP) is 1.34. The van der Waals surface area contributed by atoms with Crippen LogP contribution in [0.15, 0.2) is 0 Å². The molecule has 1 aliphatic rings. The first-order chi connectivity index (χ1) is 4.38. The van der Waals surface area contributed by atoms with Crippen molar-refractivity contribution in [2.75, 3.05) is 6.54 Å². The summed E-state index contributed by atoms with van der Waals surface area (Å²) in [5.41, 5.74) is 0.0879. The van der Waals surface area contributed by atoms with Crippen molar-refractivity contribution in [3.05, 3.63) is 0 Å². The monoisotopic (exact) mass is 253 g/mol. The molecule has 1 atom stereocenters. The normalized spacial score (nSPS) is 37.8. The van der Waals surface area contributed by atoms with Gasteiger partial charge < -0.3 is 5.32 Å². The van der Waals surface area contributed by atoms with Crippen LogP contribution in [0, 0.1) is 5.41 Å². The summed E-state index contributed by atoms with van der Waals surface area (Å²) in [6.07, 6.45) is 0. The van der Waals surface area contributed by atoms with Crippen LogP contribution in [-0.2, 0) is 4.79 Å². The van der Waals surface area contributed by atoms with Gasteiger partial charge in [0.2, 0.25) is 5.91 Å². The van der Waals surface area contributed by atoms with E-state index in [0.29, 0.717) is 0 Å². The lowest BCUT2D eigenvalue weighted by Crippen LogP contribution is -2.37. The SMILES string of the molecule is CC1(C)CNC(=O)C1(C)I. The topological polar surface area (TPSA) is 29.1 Å². The number of alkyl halides is 1. The van der Waals surface area contributed by atoms with E-state index in [1.165, 1.54) is 0 Å². The number of hydrogen-bond acceptors (Lipinski definition) is 1. The van der Waals surface area contributed by atoms with Crippen molar-refractivity contribution in [2.24, 2.45) is 5.41 Å². The second kappa shape index (κ2) is 2.09. The third-order valence-corrected chi connectivity index (χ3v) is 4.34. The van der Waals surface area contributed by atoms with E-state index in [9.17, 15) is 4.79 Å². The van der Waals surface area contributed by atoms with Crippen LogP contribution in [0.3, 0.4) is 0 Å². The maximum absolute atomic E-state index is 11.2. The Bertz CT molecular complexity index is 174. The lowest BCUT2D eigenvalue weighted by atomic mass is 9.83. The Labute approximate surface area is 74.9 Å². The van der Waals surface area contributed by atoms with Gasteiger partial charge in [-0.3, -0.25) is 4.79 Å². The number of carbonyl (C=O) groups is 1. The molecule has 1 rings (SSSR count). The van der Waals surface area contributed by atoms with Gasteiger partial charge in [0.25, 0.3) is 0 Å². The van der Waals surface area contributed by atoms with Crippen LogP contribution >= 0.6 is 22.6 Å². The minimum atomic E-state index is -0.231. The zero-order chi connectivity index (χ0) is 7.99. The number of carbonyl (C=O) groups excluding carboxylic acids is 1. The highest BCUT2D eigenvalue weighted by Gasteiger charge is 2.50. The summed E-state index contributed by atoms with van der Waals surface area (Å²) < 4.78 is -0.231. The van der Waals surface area contributed by atoms with Crippen molar-refractivity contribution >= 4 is 28.5 Å². The molecule has 58 valence electrons. The molecule has 1 N–H and O–H groups in total. The minimum absolute atomic E-state index is 0.0879. The van der Waals surface area contributed by atoms with Crippen molar-refractivity contribution in [2.45, 2.75) is 24.2 Å². The van der Waals surface area contributed by atoms with Crippen molar-refractivity contribution in [3.8, 4) is 0 Å². The number of amides is 1. The van der Waals surface area contributed by atoms with E-state index in [-0.39, 0.29) is 14.7 Å². The van der Waals surface area contributed by atoms with Crippen molar-refractivity contribution < 1.29 is 4.79 Å². The first-order valence-corrected chi connectivity index (χ1v) is 4.43. The predicted molar refractivity (Wildman–Crippen MR) is 49.2 cm³/mol. The maximum atomic E-state index is 11.2. The second-order valence-electron chi connectivity index (χ2n) is 3.57. The first-order valence-electron chi connectivity index (χ1n) is 3.35. The first kappa shape index (κ1) is 8.30. The Hall–Kier alpha value is 0.200. The molecular weight excluding hydrogens is 241 g/mol. The van der Waals surface area contributed by atoms with Gasteiger partial charge in [0, 0.05) is 12.0 Å². The summed E-state index contributed by atoms with van der Waals surface area (Å²) in [6, 6.07) is 0. The highest BCUT2D eigenvalue weighted by Crippen LogP contribution is 2.42. The van der Waals surface area contributed by atoms with Crippen LogP contribution in [0.1, 0.15) is 20.8 Å². The summed E-state index contributed by atoms with van der Waals surface area (Å²) in [4.78, 5) is 11.2. The van der Waals surface area contributed by atoms with E-state index < -0.39 is 0 Å². The van der Waals surface area contributed by atoms with Gasteiger partial charge in [0.05, 0.1) is 0 Å². The Morgan fingerprint density at radius 2 is 2.00 bits per heavy atom. The lowest BCUT2D eigenvalue weighted by Gasteiger charge is -2.28. The second-order valence-corrected chi connectivity index (χ2v) is 5.73. The molecular formula is C7H12INO. The van der Waals surface area contributed by atoms with Gasteiger partial charge in [-0.2, -0.15) is 0 Å². The fraction of sp³-hybridized carbons (Fsp3) is 0.857. The number of hydrogen-bond donors (Lipinski definition) is 1. The van der Waals surface area contributed by atoms with Crippen LogP contribution in [0.4, 0.5) is 0 Å². The zero-order valence-corrected chi connectivity index (χ0v) is 8.65. The van der Waals surface area contributed by atoms with Crippen LogP contribution in [0.2, 0.25) is 0 Å². The molecule has 3 heteroatoms. The zero-order valence-electron chi connectivity index (χ0n) is 6.49. The van der Waals surface area contributed by atoms with Crippen LogP contribution in [0.5, 0.6) is 0 Å². The summed E-state index contributed by atoms with van der Waals surface area (Å²) in [5, 5.41) is 2.85. The lowest BCUT2D eigenvalue weighted by molar-refractivity contribution is -0.121. The quantitative estimate of drug-likeness (QED) is 0.512.